The Morgan fingerprint density at radius 2 is 1.62 bits per heavy atom. The van der Waals surface area contributed by atoms with E-state index in [4.69, 9.17) is 4.84 Å². The van der Waals surface area contributed by atoms with Gasteiger partial charge < -0.3 is 0 Å². The molecule has 1 aromatic heterocycles. The number of pyridine rings is 1. The minimum Gasteiger partial charge on any atom is -0.271 e. The van der Waals surface area contributed by atoms with E-state index < -0.39 is 0 Å². The second-order valence-corrected chi connectivity index (χ2v) is 5.53. The molecule has 0 bridgehead atoms. The van der Waals surface area contributed by atoms with Gasteiger partial charge in [-0.2, -0.15) is 0 Å². The molecular weight excluding hydrogens is 258 g/mol. The molecule has 0 amide bonds. The zero-order valence-electron chi connectivity index (χ0n) is 13.2. The third kappa shape index (κ3) is 4.89. The topological polar surface area (TPSA) is 13.1 Å². The van der Waals surface area contributed by atoms with Gasteiger partial charge in [-0.3, -0.25) is 4.84 Å². The molecule has 0 fully saturated rings. The fourth-order valence-corrected chi connectivity index (χ4v) is 2.41. The number of benzene rings is 1. The molecule has 0 aliphatic rings. The highest BCUT2D eigenvalue weighted by Crippen LogP contribution is 2.16. The first-order chi connectivity index (χ1) is 10.3. The van der Waals surface area contributed by atoms with Gasteiger partial charge >= 0.3 is 0 Å². The van der Waals surface area contributed by atoms with Crippen molar-refractivity contribution in [3.63, 3.8) is 0 Å². The van der Waals surface area contributed by atoms with E-state index >= 15 is 0 Å². The lowest BCUT2D eigenvalue weighted by molar-refractivity contribution is -0.892. The van der Waals surface area contributed by atoms with Crippen molar-refractivity contribution in [2.75, 3.05) is 6.61 Å². The number of nitrogens with zero attached hydrogens (tertiary/aromatic N) is 1. The van der Waals surface area contributed by atoms with Crippen LogP contribution in [0, 0.1) is 5.92 Å². The van der Waals surface area contributed by atoms with E-state index in [0.717, 1.165) is 6.61 Å². The van der Waals surface area contributed by atoms with Gasteiger partial charge in [0.1, 0.15) is 0 Å². The minimum absolute atomic E-state index is 0.659. The van der Waals surface area contributed by atoms with Crippen molar-refractivity contribution < 1.29 is 9.57 Å². The summed E-state index contributed by atoms with van der Waals surface area (Å²) in [5.41, 5.74) is 2.45. The highest BCUT2D eigenvalue weighted by atomic mass is 16.7. The van der Waals surface area contributed by atoms with Crippen LogP contribution in [0.15, 0.2) is 54.9 Å². The number of aromatic nitrogens is 1. The molecule has 2 nitrogen and oxygen atoms in total. The molecule has 0 saturated heterocycles. The molecule has 21 heavy (non-hydrogen) atoms. The summed E-state index contributed by atoms with van der Waals surface area (Å²) in [5.74, 6) is 0.659. The molecule has 0 aliphatic heterocycles. The Bertz CT molecular complexity index is 507. The first-order valence-electron chi connectivity index (χ1n) is 8.03. The van der Waals surface area contributed by atoms with Crippen LogP contribution in [-0.4, -0.2) is 6.61 Å². The van der Waals surface area contributed by atoms with Gasteiger partial charge in [0.25, 0.3) is 0 Å². The van der Waals surface area contributed by atoms with E-state index in [2.05, 4.69) is 50.2 Å². The molecule has 2 heteroatoms. The van der Waals surface area contributed by atoms with Crippen molar-refractivity contribution in [2.24, 2.45) is 5.92 Å². The van der Waals surface area contributed by atoms with Gasteiger partial charge in [-0.1, -0.05) is 57.0 Å². The molecule has 1 heterocycles. The Morgan fingerprint density at radius 1 is 0.952 bits per heavy atom. The number of rotatable bonds is 8. The average molecular weight is 284 g/mol. The van der Waals surface area contributed by atoms with Crippen LogP contribution in [0.2, 0.25) is 0 Å². The first kappa shape index (κ1) is 15.6. The van der Waals surface area contributed by atoms with E-state index in [0.29, 0.717) is 5.92 Å². The van der Waals surface area contributed by atoms with Crippen LogP contribution in [0.4, 0.5) is 0 Å². The summed E-state index contributed by atoms with van der Waals surface area (Å²) >= 11 is 0. The van der Waals surface area contributed by atoms with Gasteiger partial charge in [0, 0.05) is 16.9 Å². The second kappa shape index (κ2) is 8.46. The zero-order chi connectivity index (χ0) is 14.9. The fraction of sp³-hybridized carbons (Fsp3) is 0.421. The van der Waals surface area contributed by atoms with Crippen LogP contribution >= 0.6 is 0 Å². The van der Waals surface area contributed by atoms with E-state index in [1.165, 1.54) is 36.8 Å². The normalized spacial score (nSPS) is 12.1. The monoisotopic (exact) mass is 284 g/mol. The summed E-state index contributed by atoms with van der Waals surface area (Å²) in [4.78, 5) is 5.86. The van der Waals surface area contributed by atoms with Crippen molar-refractivity contribution in [1.29, 1.82) is 0 Å². The van der Waals surface area contributed by atoms with Crippen LogP contribution in [-0.2, 0) is 0 Å². The van der Waals surface area contributed by atoms with Crippen LogP contribution in [0.5, 0.6) is 0 Å². The summed E-state index contributed by atoms with van der Waals surface area (Å²) < 4.78 is 1.82. The standard InChI is InChI=1S/C19H26NO/c1-3-5-9-17(4-2)16-21-20-14-12-19(13-15-20)18-10-7-6-8-11-18/h6-8,10-15,17H,3-5,9,16H2,1-2H3/q+1. The third-order valence-electron chi connectivity index (χ3n) is 3.91. The largest absolute Gasteiger partial charge is 0.271 e. The predicted molar refractivity (Wildman–Crippen MR) is 86.8 cm³/mol. The smallest absolute Gasteiger partial charge is 0.223 e. The van der Waals surface area contributed by atoms with Crippen molar-refractivity contribution in [3.05, 3.63) is 54.9 Å². The van der Waals surface area contributed by atoms with E-state index in [1.807, 2.05) is 23.2 Å². The summed E-state index contributed by atoms with van der Waals surface area (Å²) in [6, 6.07) is 14.6. The lowest BCUT2D eigenvalue weighted by Crippen LogP contribution is -2.43. The highest BCUT2D eigenvalue weighted by molar-refractivity contribution is 5.61. The van der Waals surface area contributed by atoms with Gasteiger partial charge in [-0.05, 0) is 29.9 Å². The molecule has 0 N–H and O–H groups in total. The number of hydrogen-bond acceptors (Lipinski definition) is 1. The Kier molecular flexibility index (Phi) is 6.26. The van der Waals surface area contributed by atoms with Gasteiger partial charge in [0.15, 0.2) is 6.61 Å². The molecule has 2 rings (SSSR count). The second-order valence-electron chi connectivity index (χ2n) is 5.53. The molecule has 0 aliphatic carbocycles. The fourth-order valence-electron chi connectivity index (χ4n) is 2.41. The van der Waals surface area contributed by atoms with Gasteiger partial charge in [-0.15, -0.1) is 0 Å². The quantitative estimate of drug-likeness (QED) is 0.659. The van der Waals surface area contributed by atoms with E-state index in [9.17, 15) is 0 Å². The predicted octanol–water partition coefficient (Wildman–Crippen LogP) is 4.29. The van der Waals surface area contributed by atoms with Crippen molar-refractivity contribution in [3.8, 4) is 11.1 Å². The van der Waals surface area contributed by atoms with Crippen LogP contribution in [0.25, 0.3) is 11.1 Å². The number of unbranched alkanes of at least 4 members (excludes halogenated alkanes) is 1. The Morgan fingerprint density at radius 3 is 2.24 bits per heavy atom. The van der Waals surface area contributed by atoms with Crippen molar-refractivity contribution in [2.45, 2.75) is 39.5 Å². The van der Waals surface area contributed by atoms with E-state index in [-0.39, 0.29) is 0 Å². The Labute approximate surface area is 128 Å². The third-order valence-corrected chi connectivity index (χ3v) is 3.91. The van der Waals surface area contributed by atoms with Crippen LogP contribution in [0.1, 0.15) is 39.5 Å². The van der Waals surface area contributed by atoms with E-state index in [1.54, 1.807) is 0 Å². The molecule has 1 aromatic carbocycles. The van der Waals surface area contributed by atoms with Crippen molar-refractivity contribution >= 4 is 0 Å². The number of hydrogen-bond donors (Lipinski definition) is 0. The molecule has 0 saturated carbocycles. The summed E-state index contributed by atoms with van der Waals surface area (Å²) in [6.07, 6.45) is 8.98. The van der Waals surface area contributed by atoms with Gasteiger partial charge in [0.05, 0.1) is 0 Å². The van der Waals surface area contributed by atoms with Crippen LogP contribution in [0.3, 0.4) is 0 Å². The lowest BCUT2D eigenvalue weighted by atomic mass is 10.0. The average Bonchev–Trinajstić information content (AvgIpc) is 2.56. The Balaban J connectivity index is 1.90. The Hall–Kier alpha value is -1.83. The zero-order valence-corrected chi connectivity index (χ0v) is 13.2. The summed E-state index contributed by atoms with van der Waals surface area (Å²) in [5, 5.41) is 0. The maximum Gasteiger partial charge on any atom is 0.223 e. The molecule has 1 unspecified atom stereocenters. The highest BCUT2D eigenvalue weighted by Gasteiger charge is 2.10. The molecule has 112 valence electrons. The lowest BCUT2D eigenvalue weighted by Gasteiger charge is -2.11. The molecule has 1 atom stereocenters. The minimum atomic E-state index is 0.659. The van der Waals surface area contributed by atoms with Gasteiger partial charge in [0.2, 0.25) is 12.4 Å². The summed E-state index contributed by atoms with van der Waals surface area (Å²) in [6.45, 7) is 5.28. The van der Waals surface area contributed by atoms with Crippen LogP contribution < -0.4 is 9.57 Å². The summed E-state index contributed by atoms with van der Waals surface area (Å²) in [7, 11) is 0. The maximum absolute atomic E-state index is 5.86. The molecule has 0 radical (unpaired) electrons. The SMILES string of the molecule is CCCCC(CC)CO[n+]1ccc(-c2ccccc2)cc1. The molecular formula is C19H26NO+. The first-order valence-corrected chi connectivity index (χ1v) is 8.03. The maximum atomic E-state index is 5.86. The molecule has 2 aromatic rings. The van der Waals surface area contributed by atoms with Crippen molar-refractivity contribution in [1.82, 2.24) is 0 Å². The molecule has 0 spiro atoms. The van der Waals surface area contributed by atoms with Gasteiger partial charge in [-0.25, -0.2) is 0 Å².